The van der Waals surface area contributed by atoms with Gasteiger partial charge >= 0.3 is 0 Å². The van der Waals surface area contributed by atoms with Crippen LogP contribution in [-0.2, 0) is 10.0 Å². The summed E-state index contributed by atoms with van der Waals surface area (Å²) in [5.41, 5.74) is 1.42. The number of benzene rings is 2. The molecule has 2 aromatic heterocycles. The highest BCUT2D eigenvalue weighted by molar-refractivity contribution is 7.89. The number of nitrogens with zero attached hydrogens (tertiary/aromatic N) is 6. The number of aromatic nitrogens is 4. The van der Waals surface area contributed by atoms with E-state index in [9.17, 15) is 12.8 Å². The number of rotatable bonds is 4. The van der Waals surface area contributed by atoms with Crippen LogP contribution in [0.4, 0.5) is 10.2 Å². The van der Waals surface area contributed by atoms with Gasteiger partial charge in [0, 0.05) is 31.2 Å². The lowest BCUT2D eigenvalue weighted by Crippen LogP contribution is -2.49. The van der Waals surface area contributed by atoms with Crippen LogP contribution < -0.4 is 4.90 Å². The van der Waals surface area contributed by atoms with E-state index in [1.807, 2.05) is 17.0 Å². The molecule has 0 aliphatic carbocycles. The lowest BCUT2D eigenvalue weighted by Gasteiger charge is -2.34. The summed E-state index contributed by atoms with van der Waals surface area (Å²) < 4.78 is 42.0. The molecule has 1 aliphatic heterocycles. The predicted octanol–water partition coefficient (Wildman–Crippen LogP) is 3.12. The van der Waals surface area contributed by atoms with Crippen molar-refractivity contribution in [1.29, 1.82) is 0 Å². The summed E-state index contributed by atoms with van der Waals surface area (Å²) >= 11 is 6.11. The minimum Gasteiger partial charge on any atom is -0.353 e. The normalized spacial score (nSPS) is 15.4. The minimum atomic E-state index is -3.68. The van der Waals surface area contributed by atoms with Crippen LogP contribution in [0.25, 0.3) is 16.7 Å². The lowest BCUT2D eigenvalue weighted by atomic mass is 10.3. The summed E-state index contributed by atoms with van der Waals surface area (Å²) in [4.78, 5) is 10.9. The Bertz CT molecular complexity index is 1390. The fourth-order valence-corrected chi connectivity index (χ4v) is 5.38. The van der Waals surface area contributed by atoms with Crippen LogP contribution >= 0.6 is 11.6 Å². The van der Waals surface area contributed by atoms with Crippen molar-refractivity contribution in [2.75, 3.05) is 31.1 Å². The van der Waals surface area contributed by atoms with Crippen LogP contribution in [0.5, 0.6) is 0 Å². The van der Waals surface area contributed by atoms with Gasteiger partial charge in [0.1, 0.15) is 18.0 Å². The Labute approximate surface area is 188 Å². The summed E-state index contributed by atoms with van der Waals surface area (Å²) in [5.74, 6) is 0.224. The molecule has 0 N–H and O–H groups in total. The average molecular weight is 473 g/mol. The molecule has 0 unspecified atom stereocenters. The molecule has 11 heteroatoms. The van der Waals surface area contributed by atoms with Gasteiger partial charge in [-0.25, -0.2) is 27.5 Å². The molecule has 0 atom stereocenters. The number of fused-ring (bicyclic) bond motifs is 1. The van der Waals surface area contributed by atoms with E-state index >= 15 is 0 Å². The fourth-order valence-electron chi connectivity index (χ4n) is 3.78. The van der Waals surface area contributed by atoms with Gasteiger partial charge < -0.3 is 4.90 Å². The zero-order valence-electron chi connectivity index (χ0n) is 16.8. The van der Waals surface area contributed by atoms with Crippen molar-refractivity contribution in [2.24, 2.45) is 0 Å². The Balaban J connectivity index is 1.39. The van der Waals surface area contributed by atoms with Crippen LogP contribution in [0.2, 0.25) is 5.02 Å². The smallest absolute Gasteiger partial charge is 0.243 e. The van der Waals surface area contributed by atoms with Crippen molar-refractivity contribution >= 4 is 38.5 Å². The highest BCUT2D eigenvalue weighted by atomic mass is 35.5. The van der Waals surface area contributed by atoms with E-state index in [-0.39, 0.29) is 18.0 Å². The molecule has 5 rings (SSSR count). The van der Waals surface area contributed by atoms with Crippen molar-refractivity contribution in [3.63, 3.8) is 0 Å². The molecule has 1 aliphatic rings. The fraction of sp³-hybridized carbons (Fsp3) is 0.190. The topological polar surface area (TPSA) is 84.2 Å². The van der Waals surface area contributed by atoms with E-state index in [1.165, 1.54) is 22.8 Å². The van der Waals surface area contributed by atoms with E-state index in [1.54, 1.807) is 23.0 Å². The molecule has 3 heterocycles. The highest BCUT2D eigenvalue weighted by Gasteiger charge is 2.30. The third kappa shape index (κ3) is 3.70. The Kier molecular flexibility index (Phi) is 5.28. The predicted molar refractivity (Wildman–Crippen MR) is 119 cm³/mol. The third-order valence-electron chi connectivity index (χ3n) is 5.39. The first-order valence-corrected chi connectivity index (χ1v) is 11.7. The van der Waals surface area contributed by atoms with Crippen LogP contribution in [0.1, 0.15) is 0 Å². The van der Waals surface area contributed by atoms with Gasteiger partial charge in [-0.05, 0) is 42.5 Å². The minimum absolute atomic E-state index is 0.0829. The van der Waals surface area contributed by atoms with Crippen LogP contribution in [0.3, 0.4) is 0 Å². The van der Waals surface area contributed by atoms with E-state index in [4.69, 9.17) is 11.6 Å². The number of sulfonamides is 1. The summed E-state index contributed by atoms with van der Waals surface area (Å²) in [6.45, 7) is 1.48. The molecule has 32 heavy (non-hydrogen) atoms. The van der Waals surface area contributed by atoms with Crippen molar-refractivity contribution in [3.8, 4) is 5.69 Å². The van der Waals surface area contributed by atoms with Gasteiger partial charge in [0.15, 0.2) is 5.65 Å². The highest BCUT2D eigenvalue weighted by Crippen LogP contribution is 2.27. The van der Waals surface area contributed by atoms with Gasteiger partial charge in [0.05, 0.1) is 22.2 Å². The number of hydrogen-bond acceptors (Lipinski definition) is 6. The number of piperazine rings is 1. The summed E-state index contributed by atoms with van der Waals surface area (Å²) in [5, 5.41) is 5.82. The van der Waals surface area contributed by atoms with Crippen molar-refractivity contribution in [2.45, 2.75) is 4.90 Å². The standard InChI is InChI=1S/C21H18ClFN6O2S/c22-15-2-1-3-17(12-15)29-21-19(13-26-29)20(24-14-25-21)27-8-10-28(11-9-27)32(30,31)18-6-4-16(23)5-7-18/h1-7,12-14H,8-11H2. The maximum atomic E-state index is 13.2. The van der Waals surface area contributed by atoms with Crippen LogP contribution in [-0.4, -0.2) is 58.7 Å². The van der Waals surface area contributed by atoms with Gasteiger partial charge in [0.25, 0.3) is 0 Å². The summed E-state index contributed by atoms with van der Waals surface area (Å²) in [6.07, 6.45) is 3.18. The van der Waals surface area contributed by atoms with Crippen molar-refractivity contribution in [3.05, 3.63) is 71.9 Å². The van der Waals surface area contributed by atoms with Gasteiger partial charge in [0.2, 0.25) is 10.0 Å². The molecule has 4 aromatic rings. The Morgan fingerprint density at radius 3 is 2.44 bits per heavy atom. The molecule has 164 valence electrons. The molecule has 1 saturated heterocycles. The number of halogens is 2. The van der Waals surface area contributed by atoms with Gasteiger partial charge in [-0.2, -0.15) is 9.40 Å². The first-order chi connectivity index (χ1) is 15.4. The first-order valence-electron chi connectivity index (χ1n) is 9.89. The third-order valence-corrected chi connectivity index (χ3v) is 7.54. The van der Waals surface area contributed by atoms with E-state index in [0.29, 0.717) is 29.6 Å². The molecule has 0 spiro atoms. The number of anilines is 1. The summed E-state index contributed by atoms with van der Waals surface area (Å²) in [6, 6.07) is 12.2. The zero-order valence-corrected chi connectivity index (χ0v) is 18.3. The van der Waals surface area contributed by atoms with E-state index < -0.39 is 15.8 Å². The van der Waals surface area contributed by atoms with Crippen molar-refractivity contribution in [1.82, 2.24) is 24.1 Å². The molecule has 0 bridgehead atoms. The van der Waals surface area contributed by atoms with E-state index in [2.05, 4.69) is 15.1 Å². The van der Waals surface area contributed by atoms with Crippen LogP contribution in [0.15, 0.2) is 66.0 Å². The monoisotopic (exact) mass is 472 g/mol. The second kappa shape index (κ2) is 8.12. The van der Waals surface area contributed by atoms with Gasteiger partial charge in [-0.15, -0.1) is 0 Å². The van der Waals surface area contributed by atoms with E-state index in [0.717, 1.165) is 23.2 Å². The van der Waals surface area contributed by atoms with Crippen LogP contribution in [0, 0.1) is 5.82 Å². The molecule has 0 radical (unpaired) electrons. The molecule has 2 aromatic carbocycles. The zero-order chi connectivity index (χ0) is 22.3. The number of hydrogen-bond donors (Lipinski definition) is 0. The molecule has 1 fully saturated rings. The quantitative estimate of drug-likeness (QED) is 0.454. The maximum absolute atomic E-state index is 13.2. The van der Waals surface area contributed by atoms with Gasteiger partial charge in [-0.1, -0.05) is 17.7 Å². The maximum Gasteiger partial charge on any atom is 0.243 e. The Hall–Kier alpha value is -3.08. The largest absolute Gasteiger partial charge is 0.353 e. The molecule has 0 amide bonds. The second-order valence-electron chi connectivity index (χ2n) is 7.32. The molecular formula is C21H18ClFN6O2S. The summed E-state index contributed by atoms with van der Waals surface area (Å²) in [7, 11) is -3.68. The SMILES string of the molecule is O=S(=O)(c1ccc(F)cc1)N1CCN(c2ncnc3c2cnn3-c2cccc(Cl)c2)CC1. The lowest BCUT2D eigenvalue weighted by molar-refractivity contribution is 0.384. The Morgan fingerprint density at radius 2 is 1.72 bits per heavy atom. The first kappa shape index (κ1) is 20.8. The van der Waals surface area contributed by atoms with Crippen molar-refractivity contribution < 1.29 is 12.8 Å². The molecular weight excluding hydrogens is 455 g/mol. The molecule has 0 saturated carbocycles. The van der Waals surface area contributed by atoms with Gasteiger partial charge in [-0.3, -0.25) is 0 Å². The molecule has 8 nitrogen and oxygen atoms in total. The Morgan fingerprint density at radius 1 is 0.969 bits per heavy atom. The second-order valence-corrected chi connectivity index (χ2v) is 9.69. The average Bonchev–Trinajstić information content (AvgIpc) is 3.24.